The highest BCUT2D eigenvalue weighted by molar-refractivity contribution is 9.10. The van der Waals surface area contributed by atoms with Crippen LogP contribution in [0.3, 0.4) is 0 Å². The minimum Gasteiger partial charge on any atom is -0.381 e. The van der Waals surface area contributed by atoms with Crippen molar-refractivity contribution in [3.8, 4) is 0 Å². The molecule has 1 aromatic rings. The molecule has 1 N–H and O–H groups in total. The number of amides is 1. The quantitative estimate of drug-likeness (QED) is 0.925. The molecule has 0 aliphatic heterocycles. The van der Waals surface area contributed by atoms with Crippen LogP contribution in [0, 0.1) is 11.2 Å². The number of methoxy groups -OCH3 is 1. The van der Waals surface area contributed by atoms with Crippen molar-refractivity contribution in [2.45, 2.75) is 32.4 Å². The molecule has 3 nitrogen and oxygen atoms in total. The maximum atomic E-state index is 13.4. The van der Waals surface area contributed by atoms with E-state index in [4.69, 9.17) is 4.74 Å². The first-order chi connectivity index (χ1) is 8.87. The number of halogens is 2. The minimum atomic E-state index is -0.435. The fourth-order valence-corrected chi connectivity index (χ4v) is 2.89. The van der Waals surface area contributed by atoms with Crippen molar-refractivity contribution in [1.29, 1.82) is 0 Å². The molecule has 5 heteroatoms. The molecule has 104 valence electrons. The van der Waals surface area contributed by atoms with E-state index in [1.807, 2.05) is 0 Å². The Kier molecular flexibility index (Phi) is 3.97. The van der Waals surface area contributed by atoms with Crippen LogP contribution in [0.15, 0.2) is 22.7 Å². The maximum Gasteiger partial charge on any atom is 0.252 e. The summed E-state index contributed by atoms with van der Waals surface area (Å²) in [7, 11) is 1.67. The Labute approximate surface area is 120 Å². The van der Waals surface area contributed by atoms with Crippen LogP contribution in [-0.2, 0) is 4.74 Å². The van der Waals surface area contributed by atoms with Crippen LogP contribution in [0.1, 0.15) is 30.6 Å². The van der Waals surface area contributed by atoms with Gasteiger partial charge in [-0.05, 0) is 34.5 Å². The van der Waals surface area contributed by atoms with Crippen molar-refractivity contribution >= 4 is 21.8 Å². The third-order valence-electron chi connectivity index (χ3n) is 3.96. The lowest BCUT2D eigenvalue weighted by atomic mass is 9.64. The van der Waals surface area contributed by atoms with E-state index in [-0.39, 0.29) is 27.9 Å². The largest absolute Gasteiger partial charge is 0.381 e. The molecule has 0 saturated heterocycles. The van der Waals surface area contributed by atoms with Crippen LogP contribution in [-0.4, -0.2) is 25.2 Å². The third kappa shape index (κ3) is 2.54. The lowest BCUT2D eigenvalue weighted by Crippen LogP contribution is -2.61. The number of hydrogen-bond donors (Lipinski definition) is 1. The topological polar surface area (TPSA) is 38.3 Å². The van der Waals surface area contributed by atoms with Crippen molar-refractivity contribution in [1.82, 2.24) is 5.32 Å². The zero-order valence-electron chi connectivity index (χ0n) is 11.2. The van der Waals surface area contributed by atoms with E-state index in [0.717, 1.165) is 6.42 Å². The second-order valence-corrected chi connectivity index (χ2v) is 6.20. The highest BCUT2D eigenvalue weighted by Gasteiger charge is 2.49. The standard InChI is InChI=1S/C14H17BrFNO2/c1-14(2)10(7-11(14)19-3)17-13(18)8-5-4-6-9(16)12(8)15/h4-6,10-11H,7H2,1-3H3,(H,17,18). The predicted octanol–water partition coefficient (Wildman–Crippen LogP) is 3.13. The molecule has 2 rings (SSSR count). The second-order valence-electron chi connectivity index (χ2n) is 5.41. The molecule has 1 aliphatic carbocycles. The highest BCUT2D eigenvalue weighted by Crippen LogP contribution is 2.42. The maximum absolute atomic E-state index is 13.4. The molecule has 0 bridgehead atoms. The fourth-order valence-electron chi connectivity index (χ4n) is 2.45. The van der Waals surface area contributed by atoms with Crippen LogP contribution < -0.4 is 5.32 Å². The zero-order chi connectivity index (χ0) is 14.2. The van der Waals surface area contributed by atoms with Gasteiger partial charge in [0.05, 0.1) is 16.1 Å². The first kappa shape index (κ1) is 14.5. The number of carbonyl (C=O) groups is 1. The summed E-state index contributed by atoms with van der Waals surface area (Å²) in [6.07, 6.45) is 0.927. The van der Waals surface area contributed by atoms with Crippen LogP contribution in [0.2, 0.25) is 0 Å². The van der Waals surface area contributed by atoms with Crippen molar-refractivity contribution in [2.24, 2.45) is 5.41 Å². The van der Waals surface area contributed by atoms with Crippen LogP contribution in [0.5, 0.6) is 0 Å². The van der Waals surface area contributed by atoms with Gasteiger partial charge in [-0.15, -0.1) is 0 Å². The summed E-state index contributed by atoms with van der Waals surface area (Å²) >= 11 is 3.10. The first-order valence-corrected chi connectivity index (χ1v) is 6.95. The number of rotatable bonds is 3. The molecule has 1 saturated carbocycles. The Morgan fingerprint density at radius 3 is 2.79 bits per heavy atom. The van der Waals surface area contributed by atoms with Gasteiger partial charge >= 0.3 is 0 Å². The minimum absolute atomic E-state index is 0.0418. The molecule has 2 atom stereocenters. The Morgan fingerprint density at radius 2 is 2.21 bits per heavy atom. The fraction of sp³-hybridized carbons (Fsp3) is 0.500. The van der Waals surface area contributed by atoms with E-state index in [2.05, 4.69) is 35.1 Å². The van der Waals surface area contributed by atoms with Crippen molar-refractivity contribution in [3.63, 3.8) is 0 Å². The molecular weight excluding hydrogens is 313 g/mol. The van der Waals surface area contributed by atoms with E-state index in [9.17, 15) is 9.18 Å². The van der Waals surface area contributed by atoms with E-state index >= 15 is 0 Å². The first-order valence-electron chi connectivity index (χ1n) is 6.15. The molecule has 0 aromatic heterocycles. The third-order valence-corrected chi connectivity index (χ3v) is 4.77. The molecule has 19 heavy (non-hydrogen) atoms. The van der Waals surface area contributed by atoms with Crippen LogP contribution in [0.4, 0.5) is 4.39 Å². The van der Waals surface area contributed by atoms with Gasteiger partial charge < -0.3 is 10.1 Å². The van der Waals surface area contributed by atoms with Gasteiger partial charge in [-0.3, -0.25) is 4.79 Å². The molecule has 0 spiro atoms. The summed E-state index contributed by atoms with van der Waals surface area (Å²) in [6, 6.07) is 4.48. The lowest BCUT2D eigenvalue weighted by molar-refractivity contribution is -0.0942. The number of carbonyl (C=O) groups excluding carboxylic acids is 1. The van der Waals surface area contributed by atoms with Crippen molar-refractivity contribution < 1.29 is 13.9 Å². The Bertz CT molecular complexity index is 504. The summed E-state index contributed by atoms with van der Waals surface area (Å²) in [6.45, 7) is 4.10. The summed E-state index contributed by atoms with van der Waals surface area (Å²) in [5.41, 5.74) is 0.209. The van der Waals surface area contributed by atoms with Crippen LogP contribution in [0.25, 0.3) is 0 Å². The highest BCUT2D eigenvalue weighted by atomic mass is 79.9. The van der Waals surface area contributed by atoms with Crippen LogP contribution >= 0.6 is 15.9 Å². The smallest absolute Gasteiger partial charge is 0.252 e. The van der Waals surface area contributed by atoms with Gasteiger partial charge in [0.2, 0.25) is 0 Å². The van der Waals surface area contributed by atoms with Gasteiger partial charge in [0.25, 0.3) is 5.91 Å². The monoisotopic (exact) mass is 329 g/mol. The molecule has 1 amide bonds. The van der Waals surface area contributed by atoms with E-state index in [0.29, 0.717) is 5.56 Å². The van der Waals surface area contributed by atoms with Gasteiger partial charge in [-0.2, -0.15) is 0 Å². The average Bonchev–Trinajstić information content (AvgIpc) is 2.37. The van der Waals surface area contributed by atoms with Crippen molar-refractivity contribution in [3.05, 3.63) is 34.1 Å². The number of ether oxygens (including phenoxy) is 1. The predicted molar refractivity (Wildman–Crippen MR) is 74.5 cm³/mol. The number of nitrogens with one attached hydrogen (secondary N) is 1. The molecule has 1 aliphatic rings. The molecule has 1 fully saturated rings. The van der Waals surface area contributed by atoms with Gasteiger partial charge in [0, 0.05) is 18.6 Å². The van der Waals surface area contributed by atoms with Gasteiger partial charge in [0.15, 0.2) is 0 Å². The molecule has 0 heterocycles. The summed E-state index contributed by atoms with van der Waals surface area (Å²) in [4.78, 5) is 12.2. The lowest BCUT2D eigenvalue weighted by Gasteiger charge is -2.51. The SMILES string of the molecule is COC1CC(NC(=O)c2cccc(F)c2Br)C1(C)C. The van der Waals surface area contributed by atoms with E-state index < -0.39 is 5.82 Å². The number of benzene rings is 1. The van der Waals surface area contributed by atoms with Gasteiger partial charge in [-0.25, -0.2) is 4.39 Å². The van der Waals surface area contributed by atoms with E-state index in [1.54, 1.807) is 13.2 Å². The number of hydrogen-bond acceptors (Lipinski definition) is 2. The Balaban J connectivity index is 2.09. The van der Waals surface area contributed by atoms with E-state index in [1.165, 1.54) is 12.1 Å². The summed E-state index contributed by atoms with van der Waals surface area (Å²) in [5, 5.41) is 2.94. The molecule has 0 radical (unpaired) electrons. The zero-order valence-corrected chi connectivity index (χ0v) is 12.8. The molecule has 1 aromatic carbocycles. The van der Waals surface area contributed by atoms with Gasteiger partial charge in [-0.1, -0.05) is 19.9 Å². The second kappa shape index (κ2) is 5.21. The van der Waals surface area contributed by atoms with Crippen molar-refractivity contribution in [2.75, 3.05) is 7.11 Å². The summed E-state index contributed by atoms with van der Waals surface area (Å²) in [5.74, 6) is -0.700. The van der Waals surface area contributed by atoms with Gasteiger partial charge in [0.1, 0.15) is 5.82 Å². The average molecular weight is 330 g/mol. The molecular formula is C14H17BrFNO2. The Hall–Kier alpha value is -0.940. The Morgan fingerprint density at radius 1 is 1.53 bits per heavy atom. The summed E-state index contributed by atoms with van der Waals surface area (Å²) < 4.78 is 18.9. The molecule has 2 unspecified atom stereocenters. The normalized spacial score (nSPS) is 24.7.